The van der Waals surface area contributed by atoms with E-state index in [1.54, 1.807) is 0 Å². The van der Waals surface area contributed by atoms with Gasteiger partial charge in [0.2, 0.25) is 0 Å². The molecule has 3 aliphatic rings. The van der Waals surface area contributed by atoms with E-state index in [-0.39, 0.29) is 0 Å². The van der Waals surface area contributed by atoms with Crippen LogP contribution in [0.2, 0.25) is 0 Å². The van der Waals surface area contributed by atoms with Gasteiger partial charge < -0.3 is 15.0 Å². The van der Waals surface area contributed by atoms with Gasteiger partial charge in [0, 0.05) is 31.7 Å². The number of hydrogen-bond donors (Lipinski definition) is 1. The molecule has 0 aromatic heterocycles. The van der Waals surface area contributed by atoms with Gasteiger partial charge in [-0.1, -0.05) is 13.8 Å². The van der Waals surface area contributed by atoms with E-state index in [2.05, 4.69) is 29.0 Å². The minimum atomic E-state index is 0.410. The number of nitrogens with zero attached hydrogens (tertiary/aromatic N) is 2. The standard InChI is InChI=1S/C17H33N3O/c1-14(2)11-19-8-5-15(6-9-19)18-10-17-12-20-7-3-4-16(20)13-21-17/h14-18H,3-13H2,1-2H3. The van der Waals surface area contributed by atoms with E-state index in [1.165, 1.54) is 51.9 Å². The molecule has 4 heteroatoms. The van der Waals surface area contributed by atoms with Gasteiger partial charge in [0.05, 0.1) is 12.7 Å². The molecular weight excluding hydrogens is 262 g/mol. The average molecular weight is 295 g/mol. The number of fused-ring (bicyclic) bond motifs is 1. The highest BCUT2D eigenvalue weighted by atomic mass is 16.5. The van der Waals surface area contributed by atoms with E-state index < -0.39 is 0 Å². The number of hydrogen-bond acceptors (Lipinski definition) is 4. The van der Waals surface area contributed by atoms with Gasteiger partial charge in [0.25, 0.3) is 0 Å². The molecule has 21 heavy (non-hydrogen) atoms. The zero-order valence-electron chi connectivity index (χ0n) is 13.9. The van der Waals surface area contributed by atoms with Gasteiger partial charge in [-0.25, -0.2) is 0 Å². The number of morpholine rings is 1. The summed E-state index contributed by atoms with van der Waals surface area (Å²) < 4.78 is 6.04. The molecule has 0 radical (unpaired) electrons. The molecule has 3 heterocycles. The van der Waals surface area contributed by atoms with Crippen LogP contribution in [0.5, 0.6) is 0 Å². The maximum absolute atomic E-state index is 6.04. The summed E-state index contributed by atoms with van der Waals surface area (Å²) in [6, 6.07) is 1.42. The fourth-order valence-corrected chi connectivity index (χ4v) is 4.14. The zero-order valence-corrected chi connectivity index (χ0v) is 13.9. The van der Waals surface area contributed by atoms with Crippen molar-refractivity contribution in [3.8, 4) is 0 Å². The highest BCUT2D eigenvalue weighted by Crippen LogP contribution is 2.22. The second-order valence-electron chi connectivity index (χ2n) is 7.62. The lowest BCUT2D eigenvalue weighted by Gasteiger charge is -2.37. The predicted octanol–water partition coefficient (Wildman–Crippen LogP) is 1.56. The molecule has 0 spiro atoms. The normalized spacial score (nSPS) is 32.7. The highest BCUT2D eigenvalue weighted by molar-refractivity contribution is 4.87. The molecule has 0 saturated carbocycles. The number of rotatable bonds is 5. The Hall–Kier alpha value is -0.160. The highest BCUT2D eigenvalue weighted by Gasteiger charge is 2.32. The van der Waals surface area contributed by atoms with Crippen molar-refractivity contribution in [3.63, 3.8) is 0 Å². The molecule has 0 bridgehead atoms. The Kier molecular flexibility index (Phi) is 5.54. The monoisotopic (exact) mass is 295 g/mol. The Morgan fingerprint density at radius 1 is 1.14 bits per heavy atom. The largest absolute Gasteiger partial charge is 0.374 e. The second kappa shape index (κ2) is 7.40. The van der Waals surface area contributed by atoms with Crippen molar-refractivity contribution in [1.82, 2.24) is 15.1 Å². The first-order valence-electron chi connectivity index (χ1n) is 9.02. The van der Waals surface area contributed by atoms with E-state index in [9.17, 15) is 0 Å². The molecular formula is C17H33N3O. The molecule has 3 rings (SSSR count). The summed E-state index contributed by atoms with van der Waals surface area (Å²) in [6.45, 7) is 12.8. The second-order valence-corrected chi connectivity index (χ2v) is 7.62. The lowest BCUT2D eigenvalue weighted by Crippen LogP contribution is -2.52. The maximum Gasteiger partial charge on any atom is 0.0827 e. The van der Waals surface area contributed by atoms with Crippen molar-refractivity contribution in [1.29, 1.82) is 0 Å². The predicted molar refractivity (Wildman–Crippen MR) is 86.6 cm³/mol. The van der Waals surface area contributed by atoms with Crippen LogP contribution in [0, 0.1) is 5.92 Å². The van der Waals surface area contributed by atoms with Gasteiger partial charge in [-0.3, -0.25) is 4.90 Å². The Labute approximate surface area is 130 Å². The van der Waals surface area contributed by atoms with Crippen LogP contribution in [0.1, 0.15) is 39.5 Å². The van der Waals surface area contributed by atoms with Crippen LogP contribution in [-0.4, -0.2) is 73.9 Å². The van der Waals surface area contributed by atoms with E-state index in [4.69, 9.17) is 4.74 Å². The summed E-state index contributed by atoms with van der Waals surface area (Å²) in [5, 5.41) is 3.77. The molecule has 4 nitrogen and oxygen atoms in total. The van der Waals surface area contributed by atoms with Crippen LogP contribution >= 0.6 is 0 Å². The summed E-state index contributed by atoms with van der Waals surface area (Å²) in [6.07, 6.45) is 5.71. The fourth-order valence-electron chi connectivity index (χ4n) is 4.14. The molecule has 1 N–H and O–H groups in total. The summed E-state index contributed by atoms with van der Waals surface area (Å²) in [5.74, 6) is 0.790. The third-order valence-corrected chi connectivity index (χ3v) is 5.31. The van der Waals surface area contributed by atoms with Gasteiger partial charge >= 0.3 is 0 Å². The van der Waals surface area contributed by atoms with Crippen LogP contribution in [-0.2, 0) is 4.74 Å². The Morgan fingerprint density at radius 2 is 1.95 bits per heavy atom. The van der Waals surface area contributed by atoms with E-state index in [0.717, 1.165) is 31.7 Å². The van der Waals surface area contributed by atoms with Crippen LogP contribution in [0.15, 0.2) is 0 Å². The van der Waals surface area contributed by atoms with Crippen LogP contribution < -0.4 is 5.32 Å². The molecule has 0 aliphatic carbocycles. The number of likely N-dealkylation sites (tertiary alicyclic amines) is 1. The fraction of sp³-hybridized carbons (Fsp3) is 1.00. The van der Waals surface area contributed by atoms with Crippen molar-refractivity contribution in [2.45, 2.75) is 57.7 Å². The van der Waals surface area contributed by atoms with Crippen molar-refractivity contribution in [2.75, 3.05) is 45.9 Å². The van der Waals surface area contributed by atoms with E-state index >= 15 is 0 Å². The topological polar surface area (TPSA) is 27.7 Å². The van der Waals surface area contributed by atoms with Gasteiger partial charge in [-0.2, -0.15) is 0 Å². The van der Waals surface area contributed by atoms with Gasteiger partial charge in [0.1, 0.15) is 0 Å². The van der Waals surface area contributed by atoms with E-state index in [1.807, 2.05) is 0 Å². The molecule has 122 valence electrons. The first kappa shape index (κ1) is 15.7. The smallest absolute Gasteiger partial charge is 0.0827 e. The minimum Gasteiger partial charge on any atom is -0.374 e. The van der Waals surface area contributed by atoms with Gasteiger partial charge in [-0.15, -0.1) is 0 Å². The van der Waals surface area contributed by atoms with Crippen LogP contribution in [0.4, 0.5) is 0 Å². The first-order chi connectivity index (χ1) is 10.2. The summed E-state index contributed by atoms with van der Waals surface area (Å²) >= 11 is 0. The molecule has 0 aromatic rings. The third-order valence-electron chi connectivity index (χ3n) is 5.31. The lowest BCUT2D eigenvalue weighted by atomic mass is 10.0. The number of ether oxygens (including phenoxy) is 1. The van der Waals surface area contributed by atoms with Crippen LogP contribution in [0.25, 0.3) is 0 Å². The number of piperidine rings is 1. The molecule has 0 aromatic carbocycles. The zero-order chi connectivity index (χ0) is 14.7. The first-order valence-corrected chi connectivity index (χ1v) is 9.02. The molecule has 3 fully saturated rings. The summed E-state index contributed by atoms with van der Waals surface area (Å²) in [7, 11) is 0. The molecule has 2 unspecified atom stereocenters. The maximum atomic E-state index is 6.04. The van der Waals surface area contributed by atoms with Crippen molar-refractivity contribution in [2.24, 2.45) is 5.92 Å². The Morgan fingerprint density at radius 3 is 2.71 bits per heavy atom. The molecule has 2 atom stereocenters. The summed E-state index contributed by atoms with van der Waals surface area (Å²) in [5.41, 5.74) is 0. The summed E-state index contributed by atoms with van der Waals surface area (Å²) in [4.78, 5) is 5.26. The Balaban J connectivity index is 1.33. The number of nitrogens with one attached hydrogen (secondary N) is 1. The van der Waals surface area contributed by atoms with Crippen LogP contribution in [0.3, 0.4) is 0 Å². The van der Waals surface area contributed by atoms with Gasteiger partial charge in [0.15, 0.2) is 0 Å². The minimum absolute atomic E-state index is 0.410. The lowest BCUT2D eigenvalue weighted by molar-refractivity contribution is -0.0484. The van der Waals surface area contributed by atoms with Crippen molar-refractivity contribution >= 4 is 0 Å². The van der Waals surface area contributed by atoms with Gasteiger partial charge in [-0.05, 0) is 51.2 Å². The average Bonchev–Trinajstić information content (AvgIpc) is 2.93. The SMILES string of the molecule is CC(C)CN1CCC(NCC2CN3CCCC3CO2)CC1. The molecule has 3 saturated heterocycles. The van der Waals surface area contributed by atoms with Crippen molar-refractivity contribution < 1.29 is 4.74 Å². The van der Waals surface area contributed by atoms with Crippen molar-refractivity contribution in [3.05, 3.63) is 0 Å². The Bertz CT molecular complexity index is 315. The molecule has 3 aliphatic heterocycles. The quantitative estimate of drug-likeness (QED) is 0.833. The third kappa shape index (κ3) is 4.41. The molecule has 0 amide bonds. The van der Waals surface area contributed by atoms with E-state index in [0.29, 0.717) is 12.1 Å².